The Morgan fingerprint density at radius 3 is 2.14 bits per heavy atom. The van der Waals surface area contributed by atoms with Gasteiger partial charge in [0.1, 0.15) is 4.88 Å². The Kier molecular flexibility index (Phi) is 10.1. The number of nitrogens with one attached hydrogen (secondary N) is 3. The molecule has 1 heterocycles. The van der Waals surface area contributed by atoms with Crippen LogP contribution >= 0.6 is 11.3 Å². The number of rotatable bonds is 11. The van der Waals surface area contributed by atoms with E-state index in [1.165, 1.54) is 44.1 Å². The molecule has 0 spiro atoms. The first-order chi connectivity index (χ1) is 17.3. The molecule has 0 radical (unpaired) electrons. The number of thiazole rings is 1. The summed E-state index contributed by atoms with van der Waals surface area (Å²) in [5.74, 6) is -0.227. The van der Waals surface area contributed by atoms with Gasteiger partial charge in [-0.25, -0.2) is 9.78 Å². The number of anilines is 3. The molecule has 3 rings (SSSR count). The van der Waals surface area contributed by atoms with Gasteiger partial charge in [-0.05, 0) is 69.4 Å². The maximum absolute atomic E-state index is 12.9. The molecular formula is C29H38N4O2S. The van der Waals surface area contributed by atoms with E-state index in [-0.39, 0.29) is 11.9 Å². The van der Waals surface area contributed by atoms with E-state index < -0.39 is 0 Å². The third kappa shape index (κ3) is 7.92. The lowest BCUT2D eigenvalue weighted by Gasteiger charge is -2.12. The van der Waals surface area contributed by atoms with E-state index in [9.17, 15) is 9.59 Å². The Morgan fingerprint density at radius 2 is 1.47 bits per heavy atom. The zero-order valence-electron chi connectivity index (χ0n) is 22.1. The molecule has 1 aromatic heterocycles. The van der Waals surface area contributed by atoms with Gasteiger partial charge in [0.05, 0.1) is 5.69 Å². The fraction of sp³-hybridized carbons (Fsp3) is 0.414. The zero-order chi connectivity index (χ0) is 26.1. The first-order valence-corrected chi connectivity index (χ1v) is 13.6. The zero-order valence-corrected chi connectivity index (χ0v) is 22.9. The summed E-state index contributed by atoms with van der Waals surface area (Å²) in [6, 6.07) is 11.7. The molecule has 0 bridgehead atoms. The molecule has 0 saturated heterocycles. The number of hydrogen-bond donors (Lipinski definition) is 3. The molecule has 0 saturated carbocycles. The fourth-order valence-corrected chi connectivity index (χ4v) is 5.19. The summed E-state index contributed by atoms with van der Waals surface area (Å²) < 4.78 is 0. The van der Waals surface area contributed by atoms with Crippen molar-refractivity contribution in [2.75, 3.05) is 16.0 Å². The van der Waals surface area contributed by atoms with Crippen molar-refractivity contribution in [2.24, 2.45) is 0 Å². The van der Waals surface area contributed by atoms with E-state index in [0.717, 1.165) is 45.8 Å². The normalized spacial score (nSPS) is 10.8. The van der Waals surface area contributed by atoms with Crippen LogP contribution in [0.15, 0.2) is 36.4 Å². The quantitative estimate of drug-likeness (QED) is 0.229. The lowest BCUT2D eigenvalue weighted by molar-refractivity contribution is 0.102. The largest absolute Gasteiger partial charge is 0.325 e. The molecule has 3 amide bonds. The van der Waals surface area contributed by atoms with Gasteiger partial charge in [0.2, 0.25) is 0 Å². The number of amides is 3. The Labute approximate surface area is 218 Å². The number of benzene rings is 2. The molecule has 192 valence electrons. The summed E-state index contributed by atoms with van der Waals surface area (Å²) in [5, 5.41) is 8.98. The van der Waals surface area contributed by atoms with Gasteiger partial charge in [-0.15, -0.1) is 0 Å². The molecule has 0 unspecified atom stereocenters. The van der Waals surface area contributed by atoms with Gasteiger partial charge >= 0.3 is 6.03 Å². The molecule has 36 heavy (non-hydrogen) atoms. The Morgan fingerprint density at radius 1 is 0.833 bits per heavy atom. The topological polar surface area (TPSA) is 83.1 Å². The van der Waals surface area contributed by atoms with E-state index in [1.807, 2.05) is 45.0 Å². The molecule has 3 N–H and O–H groups in total. The SMILES string of the molecule is CCCCCCCCc1ccc(NC(=O)Nc2nc(C)c(C(=O)Nc3c(C)cc(C)cc3C)s2)cc1. The highest BCUT2D eigenvalue weighted by Gasteiger charge is 2.18. The summed E-state index contributed by atoms with van der Waals surface area (Å²) in [4.78, 5) is 30.3. The molecule has 6 nitrogen and oxygen atoms in total. The lowest BCUT2D eigenvalue weighted by Crippen LogP contribution is -2.19. The van der Waals surface area contributed by atoms with Crippen LogP contribution < -0.4 is 16.0 Å². The monoisotopic (exact) mass is 506 g/mol. The molecule has 2 aromatic carbocycles. The number of carbonyl (C=O) groups excluding carboxylic acids is 2. The Hall–Kier alpha value is -3.19. The van der Waals surface area contributed by atoms with Crippen molar-refractivity contribution in [1.29, 1.82) is 0 Å². The third-order valence-electron chi connectivity index (χ3n) is 6.17. The maximum atomic E-state index is 12.9. The second kappa shape index (κ2) is 13.2. The molecule has 3 aromatic rings. The van der Waals surface area contributed by atoms with E-state index in [1.54, 1.807) is 6.92 Å². The summed E-state index contributed by atoms with van der Waals surface area (Å²) in [6.07, 6.45) is 8.74. The first-order valence-electron chi connectivity index (χ1n) is 12.8. The van der Waals surface area contributed by atoms with Crippen molar-refractivity contribution in [3.05, 3.63) is 69.2 Å². The second-order valence-electron chi connectivity index (χ2n) is 9.46. The first kappa shape index (κ1) is 27.4. The maximum Gasteiger partial charge on any atom is 0.325 e. The van der Waals surface area contributed by atoms with Crippen molar-refractivity contribution in [2.45, 2.75) is 79.6 Å². The Bertz CT molecular complexity index is 1160. The van der Waals surface area contributed by atoms with Gasteiger partial charge in [0.15, 0.2) is 5.13 Å². The van der Waals surface area contributed by atoms with Crippen LogP contribution in [0.2, 0.25) is 0 Å². The van der Waals surface area contributed by atoms with Crippen molar-refractivity contribution in [3.8, 4) is 0 Å². The van der Waals surface area contributed by atoms with E-state index >= 15 is 0 Å². The predicted molar refractivity (Wildman–Crippen MR) is 152 cm³/mol. The lowest BCUT2D eigenvalue weighted by atomic mass is 10.0. The van der Waals surface area contributed by atoms with Crippen molar-refractivity contribution >= 4 is 39.8 Å². The van der Waals surface area contributed by atoms with Gasteiger partial charge in [0, 0.05) is 11.4 Å². The van der Waals surface area contributed by atoms with Crippen LogP contribution in [0.1, 0.15) is 83.1 Å². The summed E-state index contributed by atoms with van der Waals surface area (Å²) in [7, 11) is 0. The van der Waals surface area contributed by atoms with E-state index in [2.05, 4.69) is 40.0 Å². The summed E-state index contributed by atoms with van der Waals surface area (Å²) in [6.45, 7) is 10.00. The minimum atomic E-state index is -0.385. The molecular weight excluding hydrogens is 468 g/mol. The molecule has 0 atom stereocenters. The third-order valence-corrected chi connectivity index (χ3v) is 7.24. The number of aromatic nitrogens is 1. The van der Waals surface area contributed by atoms with Gasteiger partial charge in [-0.2, -0.15) is 0 Å². The highest BCUT2D eigenvalue weighted by Crippen LogP contribution is 2.27. The van der Waals surface area contributed by atoms with Crippen molar-refractivity contribution in [1.82, 2.24) is 4.98 Å². The predicted octanol–water partition coefficient (Wildman–Crippen LogP) is 8.18. The van der Waals surface area contributed by atoms with E-state index in [4.69, 9.17) is 0 Å². The van der Waals surface area contributed by atoms with Crippen molar-refractivity contribution in [3.63, 3.8) is 0 Å². The van der Waals surface area contributed by atoms with Gasteiger partial charge in [-0.1, -0.05) is 80.2 Å². The van der Waals surface area contributed by atoms with Crippen LogP contribution in [-0.2, 0) is 6.42 Å². The van der Waals surface area contributed by atoms with Crippen LogP contribution in [0.5, 0.6) is 0 Å². The minimum absolute atomic E-state index is 0.227. The highest BCUT2D eigenvalue weighted by atomic mass is 32.1. The number of carbonyl (C=O) groups is 2. The van der Waals surface area contributed by atoms with E-state index in [0.29, 0.717) is 15.7 Å². The number of aryl methyl sites for hydroxylation is 5. The number of urea groups is 1. The van der Waals surface area contributed by atoms with Crippen LogP contribution in [0.4, 0.5) is 21.3 Å². The molecule has 0 fully saturated rings. The van der Waals surface area contributed by atoms with Crippen LogP contribution in [0.3, 0.4) is 0 Å². The number of nitrogens with zero attached hydrogens (tertiary/aromatic N) is 1. The standard InChI is InChI=1S/C29H38N4O2S/c1-6-7-8-9-10-11-12-23-13-15-24(16-14-23)31-28(35)33-29-30-22(5)26(36-29)27(34)32-25-20(3)17-19(2)18-21(25)4/h13-18H,6-12H2,1-5H3,(H,32,34)(H2,30,31,33,35). The summed E-state index contributed by atoms with van der Waals surface area (Å²) >= 11 is 1.16. The average molecular weight is 507 g/mol. The highest BCUT2D eigenvalue weighted by molar-refractivity contribution is 7.17. The smallest absolute Gasteiger partial charge is 0.321 e. The van der Waals surface area contributed by atoms with Gasteiger partial charge in [-0.3, -0.25) is 10.1 Å². The number of unbranched alkanes of at least 4 members (excludes halogenated alkanes) is 5. The Balaban J connectivity index is 1.52. The average Bonchev–Trinajstić information content (AvgIpc) is 3.19. The summed E-state index contributed by atoms with van der Waals surface area (Å²) in [5.41, 5.74) is 6.57. The van der Waals surface area contributed by atoms with Gasteiger partial charge < -0.3 is 10.6 Å². The molecule has 0 aliphatic heterocycles. The number of hydrogen-bond acceptors (Lipinski definition) is 4. The van der Waals surface area contributed by atoms with Crippen LogP contribution in [0.25, 0.3) is 0 Å². The van der Waals surface area contributed by atoms with Gasteiger partial charge in [0.25, 0.3) is 5.91 Å². The minimum Gasteiger partial charge on any atom is -0.321 e. The molecule has 0 aliphatic carbocycles. The second-order valence-corrected chi connectivity index (χ2v) is 10.5. The molecule has 7 heteroatoms. The van der Waals surface area contributed by atoms with Crippen molar-refractivity contribution < 1.29 is 9.59 Å². The van der Waals surface area contributed by atoms with Crippen LogP contribution in [-0.4, -0.2) is 16.9 Å². The fourth-order valence-electron chi connectivity index (χ4n) is 4.33. The molecule has 0 aliphatic rings. The van der Waals surface area contributed by atoms with Crippen LogP contribution in [0, 0.1) is 27.7 Å².